The van der Waals surface area contributed by atoms with Gasteiger partial charge in [0.25, 0.3) is 0 Å². The van der Waals surface area contributed by atoms with E-state index in [2.05, 4.69) is 168 Å². The van der Waals surface area contributed by atoms with Gasteiger partial charge >= 0.3 is 0 Å². The number of anilines is 4. The number of benzene rings is 7. The molecular weight excluding hydrogens is 621 g/mol. The van der Waals surface area contributed by atoms with Crippen molar-refractivity contribution in [3.8, 4) is 22.3 Å². The summed E-state index contributed by atoms with van der Waals surface area (Å²) in [5, 5.41) is 5.36. The predicted molar refractivity (Wildman–Crippen MR) is 210 cm³/mol. The number of rotatable bonds is 4. The Bertz CT molecular complexity index is 2450. The van der Waals surface area contributed by atoms with Gasteiger partial charge in [0, 0.05) is 64.8 Å². The summed E-state index contributed by atoms with van der Waals surface area (Å²) in [5.74, 6) is 0. The van der Waals surface area contributed by atoms with E-state index >= 15 is 0 Å². The van der Waals surface area contributed by atoms with Crippen LogP contribution in [0.25, 0.3) is 62.6 Å². The minimum atomic E-state index is 0.908. The average molecular weight is 651 g/mol. The smallest absolute Gasteiger partial charge is 0.0652 e. The lowest BCUT2D eigenvalue weighted by Crippen LogP contribution is -2.36. The van der Waals surface area contributed by atoms with E-state index in [0.29, 0.717) is 0 Å². The molecule has 2 aromatic heterocycles. The minimum absolute atomic E-state index is 0.908. The lowest BCUT2D eigenvalue weighted by molar-refractivity contribution is 0.850. The van der Waals surface area contributed by atoms with Crippen LogP contribution in [-0.4, -0.2) is 13.1 Å². The van der Waals surface area contributed by atoms with Gasteiger partial charge in [0.05, 0.1) is 11.4 Å². The third kappa shape index (κ3) is 4.37. The molecule has 2 nitrogen and oxygen atoms in total. The SMILES string of the molecule is c1ccc2c(c1)N(c1ccc(-c3cccc4c3sc3ccccc34)cc1)CCN2c1ccc(-c2cccc3c2sc2ccccc23)cc1. The molecule has 0 fully saturated rings. The van der Waals surface area contributed by atoms with Crippen molar-refractivity contribution in [2.45, 2.75) is 0 Å². The third-order valence-corrected chi connectivity index (χ3v) is 12.2. The largest absolute Gasteiger partial charge is 0.338 e. The molecule has 0 saturated carbocycles. The van der Waals surface area contributed by atoms with Crippen molar-refractivity contribution in [2.75, 3.05) is 22.9 Å². The van der Waals surface area contributed by atoms with Crippen LogP contribution >= 0.6 is 22.7 Å². The molecule has 0 unspecified atom stereocenters. The maximum Gasteiger partial charge on any atom is 0.0652 e. The van der Waals surface area contributed by atoms with E-state index in [1.54, 1.807) is 0 Å². The number of para-hydroxylation sites is 2. The van der Waals surface area contributed by atoms with Crippen molar-refractivity contribution in [2.24, 2.45) is 0 Å². The lowest BCUT2D eigenvalue weighted by Gasteiger charge is -2.39. The van der Waals surface area contributed by atoms with Crippen LogP contribution in [0.4, 0.5) is 22.7 Å². The second-order valence-electron chi connectivity index (χ2n) is 12.4. The van der Waals surface area contributed by atoms with E-state index in [1.165, 1.54) is 85.3 Å². The first kappa shape index (κ1) is 27.7. The average Bonchev–Trinajstić information content (AvgIpc) is 3.73. The number of nitrogens with zero attached hydrogens (tertiary/aromatic N) is 2. The Morgan fingerprint density at radius 1 is 0.354 bits per heavy atom. The normalized spacial score (nSPS) is 13.2. The van der Waals surface area contributed by atoms with Crippen LogP contribution < -0.4 is 9.80 Å². The molecule has 1 aliphatic heterocycles. The zero-order valence-electron chi connectivity index (χ0n) is 26.1. The van der Waals surface area contributed by atoms with E-state index in [0.717, 1.165) is 13.1 Å². The van der Waals surface area contributed by atoms with Gasteiger partial charge in [-0.15, -0.1) is 22.7 Å². The Balaban J connectivity index is 0.958. The Morgan fingerprint density at radius 3 is 1.21 bits per heavy atom. The topological polar surface area (TPSA) is 6.48 Å². The first-order chi connectivity index (χ1) is 23.8. The molecule has 0 N–H and O–H groups in total. The molecule has 0 aliphatic carbocycles. The maximum atomic E-state index is 2.46. The Morgan fingerprint density at radius 2 is 0.750 bits per heavy atom. The molecule has 7 aromatic carbocycles. The minimum Gasteiger partial charge on any atom is -0.338 e. The van der Waals surface area contributed by atoms with Gasteiger partial charge in [-0.1, -0.05) is 109 Å². The van der Waals surface area contributed by atoms with Crippen molar-refractivity contribution < 1.29 is 0 Å². The quantitative estimate of drug-likeness (QED) is 0.187. The molecule has 228 valence electrons. The van der Waals surface area contributed by atoms with Crippen LogP contribution in [0.1, 0.15) is 0 Å². The third-order valence-electron chi connectivity index (χ3n) is 9.80. The molecule has 1 aliphatic rings. The van der Waals surface area contributed by atoms with Crippen LogP contribution in [0.2, 0.25) is 0 Å². The van der Waals surface area contributed by atoms with Crippen molar-refractivity contribution in [3.63, 3.8) is 0 Å². The highest BCUT2D eigenvalue weighted by molar-refractivity contribution is 7.26. The summed E-state index contributed by atoms with van der Waals surface area (Å²) in [6, 6.07) is 58.0. The fourth-order valence-corrected chi connectivity index (χ4v) is 9.97. The highest BCUT2D eigenvalue weighted by Crippen LogP contribution is 2.44. The van der Waals surface area contributed by atoms with Crippen LogP contribution in [0.15, 0.2) is 158 Å². The molecule has 48 heavy (non-hydrogen) atoms. The van der Waals surface area contributed by atoms with Crippen molar-refractivity contribution in [1.29, 1.82) is 0 Å². The predicted octanol–water partition coefficient (Wildman–Crippen LogP) is 13.0. The maximum absolute atomic E-state index is 2.46. The number of hydrogen-bond acceptors (Lipinski definition) is 4. The monoisotopic (exact) mass is 650 g/mol. The summed E-state index contributed by atoms with van der Waals surface area (Å²) in [7, 11) is 0. The molecule has 0 radical (unpaired) electrons. The second-order valence-corrected chi connectivity index (χ2v) is 14.6. The second kappa shape index (κ2) is 11.1. The Hall–Kier alpha value is -5.42. The molecule has 9 aromatic rings. The van der Waals surface area contributed by atoms with Gasteiger partial charge in [0.1, 0.15) is 0 Å². The van der Waals surface area contributed by atoms with Crippen molar-refractivity contribution in [1.82, 2.24) is 0 Å². The highest BCUT2D eigenvalue weighted by Gasteiger charge is 2.25. The number of thiophene rings is 2. The number of fused-ring (bicyclic) bond motifs is 7. The van der Waals surface area contributed by atoms with Gasteiger partial charge in [0.15, 0.2) is 0 Å². The van der Waals surface area contributed by atoms with E-state index in [1.807, 2.05) is 22.7 Å². The summed E-state index contributed by atoms with van der Waals surface area (Å²) in [6.07, 6.45) is 0. The zero-order chi connectivity index (χ0) is 31.6. The van der Waals surface area contributed by atoms with Gasteiger partial charge in [-0.05, 0) is 70.8 Å². The molecule has 10 rings (SSSR count). The zero-order valence-corrected chi connectivity index (χ0v) is 27.8. The van der Waals surface area contributed by atoms with Gasteiger partial charge in [-0.25, -0.2) is 0 Å². The van der Waals surface area contributed by atoms with Gasteiger partial charge in [-0.3, -0.25) is 0 Å². The first-order valence-electron chi connectivity index (χ1n) is 16.5. The van der Waals surface area contributed by atoms with E-state index in [-0.39, 0.29) is 0 Å². The molecule has 4 heteroatoms. The molecule has 0 atom stereocenters. The van der Waals surface area contributed by atoms with Gasteiger partial charge < -0.3 is 9.80 Å². The van der Waals surface area contributed by atoms with Crippen LogP contribution in [0, 0.1) is 0 Å². The fourth-order valence-electron chi connectivity index (χ4n) is 7.49. The first-order valence-corrected chi connectivity index (χ1v) is 18.1. The Labute approximate surface area is 287 Å². The van der Waals surface area contributed by atoms with Crippen molar-refractivity contribution in [3.05, 3.63) is 158 Å². The standard InChI is InChI=1S/C44H30N2S2/c1-5-17-41-35(9-1)37-13-7-11-33(43(37)47-41)29-19-23-31(24-20-29)45-27-28-46(40-16-4-3-15-39(40)45)32-25-21-30(22-26-32)34-12-8-14-38-36-10-2-6-18-42(36)48-44(34)38/h1-26H,27-28H2. The van der Waals surface area contributed by atoms with Crippen LogP contribution in [0.3, 0.4) is 0 Å². The lowest BCUT2D eigenvalue weighted by atomic mass is 10.0. The molecule has 0 saturated heterocycles. The summed E-state index contributed by atoms with van der Waals surface area (Å²) >= 11 is 3.78. The number of hydrogen-bond donors (Lipinski definition) is 0. The van der Waals surface area contributed by atoms with E-state index in [4.69, 9.17) is 0 Å². The van der Waals surface area contributed by atoms with E-state index < -0.39 is 0 Å². The van der Waals surface area contributed by atoms with Gasteiger partial charge in [0.2, 0.25) is 0 Å². The van der Waals surface area contributed by atoms with Gasteiger partial charge in [-0.2, -0.15) is 0 Å². The van der Waals surface area contributed by atoms with E-state index in [9.17, 15) is 0 Å². The summed E-state index contributed by atoms with van der Waals surface area (Å²) < 4.78 is 5.40. The highest BCUT2D eigenvalue weighted by atomic mass is 32.1. The molecule has 0 amide bonds. The Kier molecular flexibility index (Phi) is 6.39. The van der Waals surface area contributed by atoms with Crippen molar-refractivity contribution >= 4 is 85.8 Å². The summed E-state index contributed by atoms with van der Waals surface area (Å²) in [4.78, 5) is 4.93. The van der Waals surface area contributed by atoms with Crippen LogP contribution in [0.5, 0.6) is 0 Å². The van der Waals surface area contributed by atoms with Crippen LogP contribution in [-0.2, 0) is 0 Å². The molecule has 0 spiro atoms. The fraction of sp³-hybridized carbons (Fsp3) is 0.0455. The summed E-state index contributed by atoms with van der Waals surface area (Å²) in [5.41, 5.74) is 10.0. The molecular formula is C44H30N2S2. The molecule has 0 bridgehead atoms. The molecule has 3 heterocycles. The summed E-state index contributed by atoms with van der Waals surface area (Å²) in [6.45, 7) is 1.82.